The van der Waals surface area contributed by atoms with Crippen molar-refractivity contribution in [3.63, 3.8) is 0 Å². The van der Waals surface area contributed by atoms with E-state index < -0.39 is 0 Å². The van der Waals surface area contributed by atoms with E-state index in [1.807, 2.05) is 0 Å². The largest absolute Gasteiger partial charge is 0.496 e. The molecule has 2 rings (SSSR count). The molecule has 2 atom stereocenters. The normalized spacial score (nSPS) is 25.5. The molecule has 0 aromatic heterocycles. The second-order valence-electron chi connectivity index (χ2n) is 4.19. The summed E-state index contributed by atoms with van der Waals surface area (Å²) in [5.41, 5.74) is 0.932. The molecule has 1 aliphatic rings. The van der Waals surface area contributed by atoms with E-state index in [0.29, 0.717) is 5.92 Å². The van der Waals surface area contributed by atoms with Gasteiger partial charge in [0.1, 0.15) is 11.6 Å². The molecule has 1 aromatic carbocycles. The van der Waals surface area contributed by atoms with Crippen LogP contribution in [0.1, 0.15) is 24.9 Å². The van der Waals surface area contributed by atoms with Crippen LogP contribution < -0.4 is 10.1 Å². The van der Waals surface area contributed by atoms with Crippen LogP contribution in [-0.4, -0.2) is 13.7 Å². The van der Waals surface area contributed by atoms with E-state index in [1.165, 1.54) is 6.07 Å². The van der Waals surface area contributed by atoms with Gasteiger partial charge < -0.3 is 10.1 Å². The molecule has 1 aromatic rings. The minimum Gasteiger partial charge on any atom is -0.496 e. The van der Waals surface area contributed by atoms with Crippen molar-refractivity contribution in [3.8, 4) is 5.75 Å². The lowest BCUT2D eigenvalue weighted by molar-refractivity contribution is 0.401. The van der Waals surface area contributed by atoms with Gasteiger partial charge in [-0.1, -0.05) is 6.92 Å². The van der Waals surface area contributed by atoms with Gasteiger partial charge in [0.25, 0.3) is 0 Å². The van der Waals surface area contributed by atoms with Crippen LogP contribution in [0.5, 0.6) is 5.75 Å². The molecule has 0 aliphatic carbocycles. The monoisotopic (exact) mass is 209 g/mol. The van der Waals surface area contributed by atoms with Gasteiger partial charge >= 0.3 is 0 Å². The summed E-state index contributed by atoms with van der Waals surface area (Å²) in [5, 5.41) is 3.38. The first-order valence-corrected chi connectivity index (χ1v) is 5.27. The lowest BCUT2D eigenvalue weighted by atomic mass is 10.0. The SMILES string of the molecule is COc1ccc(F)cc1[C@H]1C[C@@H](C)CN1. The first-order valence-electron chi connectivity index (χ1n) is 5.27. The van der Waals surface area contributed by atoms with Gasteiger partial charge in [-0.15, -0.1) is 0 Å². The maximum absolute atomic E-state index is 13.2. The first kappa shape index (κ1) is 10.4. The summed E-state index contributed by atoms with van der Waals surface area (Å²) in [6.45, 7) is 3.18. The average Bonchev–Trinajstić information content (AvgIpc) is 2.65. The fraction of sp³-hybridized carbons (Fsp3) is 0.500. The molecule has 0 unspecified atom stereocenters. The number of halogens is 1. The number of hydrogen-bond donors (Lipinski definition) is 1. The molecule has 0 bridgehead atoms. The molecule has 1 heterocycles. The molecule has 0 radical (unpaired) electrons. The van der Waals surface area contributed by atoms with Gasteiger partial charge in [-0.2, -0.15) is 0 Å². The van der Waals surface area contributed by atoms with Crippen molar-refractivity contribution in [3.05, 3.63) is 29.6 Å². The quantitative estimate of drug-likeness (QED) is 0.808. The number of hydrogen-bond acceptors (Lipinski definition) is 2. The van der Waals surface area contributed by atoms with Crippen molar-refractivity contribution < 1.29 is 9.13 Å². The molecule has 0 spiro atoms. The summed E-state index contributed by atoms with van der Waals surface area (Å²) in [6.07, 6.45) is 1.04. The van der Waals surface area contributed by atoms with Crippen LogP contribution in [0.2, 0.25) is 0 Å². The standard InChI is InChI=1S/C12H16FNO/c1-8-5-11(14-7-8)10-6-9(13)3-4-12(10)15-2/h3-4,6,8,11,14H,5,7H2,1-2H3/t8-,11-/m1/s1. The zero-order chi connectivity index (χ0) is 10.8. The molecule has 1 N–H and O–H groups in total. The highest BCUT2D eigenvalue weighted by Crippen LogP contribution is 2.33. The molecule has 0 saturated carbocycles. The molecule has 15 heavy (non-hydrogen) atoms. The van der Waals surface area contributed by atoms with Crippen LogP contribution in [0.25, 0.3) is 0 Å². The topological polar surface area (TPSA) is 21.3 Å². The van der Waals surface area contributed by atoms with E-state index >= 15 is 0 Å². The average molecular weight is 209 g/mol. The lowest BCUT2D eigenvalue weighted by Crippen LogP contribution is -2.14. The smallest absolute Gasteiger partial charge is 0.123 e. The molecule has 3 heteroatoms. The van der Waals surface area contributed by atoms with Crippen molar-refractivity contribution in [1.82, 2.24) is 5.32 Å². The minimum atomic E-state index is -0.202. The third-order valence-electron chi connectivity index (χ3n) is 2.92. The van der Waals surface area contributed by atoms with Crippen LogP contribution in [0.4, 0.5) is 4.39 Å². The number of nitrogens with one attached hydrogen (secondary N) is 1. The Kier molecular flexibility index (Phi) is 2.91. The summed E-state index contributed by atoms with van der Waals surface area (Å²) in [6, 6.07) is 4.91. The predicted molar refractivity (Wildman–Crippen MR) is 57.5 cm³/mol. The van der Waals surface area contributed by atoms with Crippen molar-refractivity contribution in [2.75, 3.05) is 13.7 Å². The van der Waals surface area contributed by atoms with Crippen LogP contribution in [0.15, 0.2) is 18.2 Å². The third kappa shape index (κ3) is 2.12. The predicted octanol–water partition coefficient (Wildman–Crippen LogP) is 2.50. The van der Waals surface area contributed by atoms with Crippen LogP contribution >= 0.6 is 0 Å². The lowest BCUT2D eigenvalue weighted by Gasteiger charge is -2.14. The molecule has 1 aliphatic heterocycles. The van der Waals surface area contributed by atoms with Gasteiger partial charge in [-0.05, 0) is 37.1 Å². The highest BCUT2D eigenvalue weighted by atomic mass is 19.1. The maximum Gasteiger partial charge on any atom is 0.123 e. The first-order chi connectivity index (χ1) is 7.20. The number of benzene rings is 1. The highest BCUT2D eigenvalue weighted by Gasteiger charge is 2.24. The van der Waals surface area contributed by atoms with Crippen molar-refractivity contribution in [2.24, 2.45) is 5.92 Å². The number of ether oxygens (including phenoxy) is 1. The Hall–Kier alpha value is -1.09. The summed E-state index contributed by atoms with van der Waals surface area (Å²) in [5.74, 6) is 1.21. The fourth-order valence-corrected chi connectivity index (χ4v) is 2.13. The third-order valence-corrected chi connectivity index (χ3v) is 2.92. The van der Waals surface area contributed by atoms with E-state index in [-0.39, 0.29) is 11.9 Å². The summed E-state index contributed by atoms with van der Waals surface area (Å²) < 4.78 is 18.4. The van der Waals surface area contributed by atoms with Crippen LogP contribution in [0, 0.1) is 11.7 Å². The fourth-order valence-electron chi connectivity index (χ4n) is 2.13. The van der Waals surface area contributed by atoms with Crippen LogP contribution in [0.3, 0.4) is 0 Å². The highest BCUT2D eigenvalue weighted by molar-refractivity contribution is 5.37. The summed E-state index contributed by atoms with van der Waals surface area (Å²) in [4.78, 5) is 0. The van der Waals surface area contributed by atoms with Gasteiger partial charge in [0.2, 0.25) is 0 Å². The van der Waals surface area contributed by atoms with E-state index in [9.17, 15) is 4.39 Å². The summed E-state index contributed by atoms with van der Waals surface area (Å²) in [7, 11) is 1.62. The van der Waals surface area contributed by atoms with Gasteiger partial charge in [-0.3, -0.25) is 0 Å². The van der Waals surface area contributed by atoms with E-state index in [1.54, 1.807) is 19.2 Å². The van der Waals surface area contributed by atoms with E-state index in [2.05, 4.69) is 12.2 Å². The van der Waals surface area contributed by atoms with E-state index in [4.69, 9.17) is 4.74 Å². The molecule has 82 valence electrons. The molecular weight excluding hydrogens is 193 g/mol. The Morgan fingerprint density at radius 1 is 1.47 bits per heavy atom. The summed E-state index contributed by atoms with van der Waals surface area (Å²) >= 11 is 0. The zero-order valence-electron chi connectivity index (χ0n) is 9.09. The maximum atomic E-state index is 13.2. The second kappa shape index (κ2) is 4.19. The van der Waals surface area contributed by atoms with Gasteiger partial charge in [0.15, 0.2) is 0 Å². The number of rotatable bonds is 2. The zero-order valence-corrected chi connectivity index (χ0v) is 9.09. The minimum absolute atomic E-state index is 0.202. The molecule has 1 saturated heterocycles. The second-order valence-corrected chi connectivity index (χ2v) is 4.19. The van der Waals surface area contributed by atoms with Gasteiger partial charge in [-0.25, -0.2) is 4.39 Å². The Balaban J connectivity index is 2.29. The van der Waals surface area contributed by atoms with Crippen molar-refractivity contribution in [1.29, 1.82) is 0 Å². The van der Waals surface area contributed by atoms with Crippen LogP contribution in [-0.2, 0) is 0 Å². The Labute approximate surface area is 89.4 Å². The number of methoxy groups -OCH3 is 1. The molecule has 0 amide bonds. The Morgan fingerprint density at radius 3 is 2.87 bits per heavy atom. The Bertz CT molecular complexity index is 353. The molecule has 1 fully saturated rings. The van der Waals surface area contributed by atoms with Crippen molar-refractivity contribution in [2.45, 2.75) is 19.4 Å². The van der Waals surface area contributed by atoms with Crippen molar-refractivity contribution >= 4 is 0 Å². The van der Waals surface area contributed by atoms with Gasteiger partial charge in [0, 0.05) is 11.6 Å². The molecule has 2 nitrogen and oxygen atoms in total. The van der Waals surface area contributed by atoms with E-state index in [0.717, 1.165) is 24.3 Å². The molecular formula is C12H16FNO. The Morgan fingerprint density at radius 2 is 2.27 bits per heavy atom. The van der Waals surface area contributed by atoms with Gasteiger partial charge in [0.05, 0.1) is 7.11 Å².